The lowest BCUT2D eigenvalue weighted by molar-refractivity contribution is 0.104. The molecule has 3 aromatic rings. The number of allylic oxidation sites excluding steroid dienone is 1. The molecule has 1 aliphatic carbocycles. The monoisotopic (exact) mass is 302 g/mol. The van der Waals surface area contributed by atoms with E-state index in [1.807, 2.05) is 42.6 Å². The number of aromatic nitrogens is 2. The Hall–Kier alpha value is -3.14. The number of carbonyl (C=O) groups excluding carboxylic acids is 1. The zero-order chi connectivity index (χ0) is 15.8. The van der Waals surface area contributed by atoms with E-state index in [9.17, 15) is 9.90 Å². The highest BCUT2D eigenvalue weighted by atomic mass is 16.3. The Balaban J connectivity index is 1.67. The Labute approximate surface area is 133 Å². The number of phenolic OH excluding ortho intramolecular Hbond substituents is 1. The molecule has 0 spiro atoms. The second-order valence-electron chi connectivity index (χ2n) is 5.53. The molecule has 1 N–H and O–H groups in total. The van der Waals surface area contributed by atoms with Crippen LogP contribution < -0.4 is 0 Å². The Kier molecular flexibility index (Phi) is 3.08. The standard InChI is InChI=1S/C19H14N2O2/c22-18-8-4-7-16-17(18)10-14(19(16)23)9-13-11-20-21(12-13)15-5-2-1-3-6-15/h1-9,11-12,22H,10H2/b14-9-. The summed E-state index contributed by atoms with van der Waals surface area (Å²) >= 11 is 0. The van der Waals surface area contributed by atoms with Crippen molar-refractivity contribution >= 4 is 11.9 Å². The van der Waals surface area contributed by atoms with E-state index in [-0.39, 0.29) is 11.5 Å². The van der Waals surface area contributed by atoms with E-state index >= 15 is 0 Å². The lowest BCUT2D eigenvalue weighted by Gasteiger charge is -1.98. The van der Waals surface area contributed by atoms with Gasteiger partial charge in [-0.1, -0.05) is 30.3 Å². The predicted molar refractivity (Wildman–Crippen MR) is 87.7 cm³/mol. The lowest BCUT2D eigenvalue weighted by atomic mass is 10.1. The van der Waals surface area contributed by atoms with E-state index in [1.165, 1.54) is 0 Å². The zero-order valence-corrected chi connectivity index (χ0v) is 12.3. The lowest BCUT2D eigenvalue weighted by Crippen LogP contribution is -1.95. The number of hydrogen-bond acceptors (Lipinski definition) is 3. The number of benzene rings is 2. The van der Waals surface area contributed by atoms with E-state index < -0.39 is 0 Å². The molecule has 0 aliphatic heterocycles. The first-order chi connectivity index (χ1) is 11.2. The van der Waals surface area contributed by atoms with E-state index in [4.69, 9.17) is 0 Å². The number of para-hydroxylation sites is 1. The molecular weight excluding hydrogens is 288 g/mol. The summed E-state index contributed by atoms with van der Waals surface area (Å²) in [5.41, 5.74) is 3.81. The van der Waals surface area contributed by atoms with E-state index in [0.717, 1.165) is 11.3 Å². The molecule has 1 heterocycles. The molecule has 0 atom stereocenters. The van der Waals surface area contributed by atoms with Gasteiger partial charge in [0.25, 0.3) is 0 Å². The van der Waals surface area contributed by atoms with Crippen LogP contribution in [0.15, 0.2) is 66.5 Å². The summed E-state index contributed by atoms with van der Waals surface area (Å²) in [6.45, 7) is 0. The number of ketones is 1. The van der Waals surface area contributed by atoms with E-state index in [1.54, 1.807) is 29.1 Å². The minimum atomic E-state index is -0.0247. The second-order valence-corrected chi connectivity index (χ2v) is 5.53. The summed E-state index contributed by atoms with van der Waals surface area (Å²) in [6, 6.07) is 14.9. The van der Waals surface area contributed by atoms with Gasteiger partial charge < -0.3 is 5.11 Å². The van der Waals surface area contributed by atoms with Crippen molar-refractivity contribution in [1.82, 2.24) is 9.78 Å². The molecule has 0 fully saturated rings. The maximum atomic E-state index is 12.4. The van der Waals surface area contributed by atoms with Gasteiger partial charge in [0.2, 0.25) is 0 Å². The van der Waals surface area contributed by atoms with Crippen molar-refractivity contribution in [3.63, 3.8) is 0 Å². The number of nitrogens with zero attached hydrogens (tertiary/aromatic N) is 2. The van der Waals surface area contributed by atoms with Gasteiger partial charge in [-0.25, -0.2) is 4.68 Å². The highest BCUT2D eigenvalue weighted by Gasteiger charge is 2.26. The van der Waals surface area contributed by atoms with Crippen molar-refractivity contribution in [1.29, 1.82) is 0 Å². The summed E-state index contributed by atoms with van der Waals surface area (Å²) < 4.78 is 1.77. The van der Waals surface area contributed by atoms with Gasteiger partial charge in [0, 0.05) is 34.9 Å². The maximum Gasteiger partial charge on any atom is 0.189 e. The molecule has 4 nitrogen and oxygen atoms in total. The summed E-state index contributed by atoms with van der Waals surface area (Å²) in [7, 11) is 0. The van der Waals surface area contributed by atoms with Crippen LogP contribution in [-0.2, 0) is 6.42 Å². The number of Topliss-reactive ketones (excluding diaryl/α,β-unsaturated/α-hetero) is 1. The molecule has 1 aliphatic rings. The van der Waals surface area contributed by atoms with Crippen LogP contribution in [0.5, 0.6) is 5.75 Å². The molecule has 4 heteroatoms. The Morgan fingerprint density at radius 2 is 1.91 bits per heavy atom. The van der Waals surface area contributed by atoms with Gasteiger partial charge in [-0.2, -0.15) is 5.10 Å². The first kappa shape index (κ1) is 13.5. The number of rotatable bonds is 2. The van der Waals surface area contributed by atoms with Gasteiger partial charge in [-0.15, -0.1) is 0 Å². The molecule has 0 radical (unpaired) electrons. The second kappa shape index (κ2) is 5.25. The molecule has 0 bridgehead atoms. The van der Waals surface area contributed by atoms with E-state index in [0.29, 0.717) is 23.1 Å². The van der Waals surface area contributed by atoms with Gasteiger partial charge in [0.05, 0.1) is 11.9 Å². The Morgan fingerprint density at radius 1 is 1.09 bits per heavy atom. The average Bonchev–Trinajstić information content (AvgIpc) is 3.16. The van der Waals surface area contributed by atoms with Crippen LogP contribution in [0.3, 0.4) is 0 Å². The molecule has 0 unspecified atom stereocenters. The van der Waals surface area contributed by atoms with Crippen LogP contribution in [0.1, 0.15) is 21.5 Å². The molecule has 23 heavy (non-hydrogen) atoms. The van der Waals surface area contributed by atoms with Gasteiger partial charge in [0.1, 0.15) is 5.75 Å². The smallest absolute Gasteiger partial charge is 0.189 e. The number of phenols is 1. The molecule has 2 aromatic carbocycles. The van der Waals surface area contributed by atoms with Crippen LogP contribution in [0, 0.1) is 0 Å². The number of carbonyl (C=O) groups is 1. The molecule has 1 aromatic heterocycles. The van der Waals surface area contributed by atoms with Crippen LogP contribution in [0.2, 0.25) is 0 Å². The fourth-order valence-corrected chi connectivity index (χ4v) is 2.87. The van der Waals surface area contributed by atoms with Gasteiger partial charge >= 0.3 is 0 Å². The summed E-state index contributed by atoms with van der Waals surface area (Å²) in [5.74, 6) is 0.155. The normalized spacial score (nSPS) is 15.1. The topological polar surface area (TPSA) is 55.1 Å². The maximum absolute atomic E-state index is 12.4. The number of fused-ring (bicyclic) bond motifs is 1. The largest absolute Gasteiger partial charge is 0.508 e. The Morgan fingerprint density at radius 3 is 2.70 bits per heavy atom. The predicted octanol–water partition coefficient (Wildman–Crippen LogP) is 3.40. The van der Waals surface area contributed by atoms with Crippen LogP contribution in [-0.4, -0.2) is 20.7 Å². The molecule has 4 rings (SSSR count). The minimum Gasteiger partial charge on any atom is -0.508 e. The van der Waals surface area contributed by atoms with Crippen molar-refractivity contribution in [3.8, 4) is 11.4 Å². The SMILES string of the molecule is O=C1/C(=C\c2cnn(-c3ccccc3)c2)Cc2c(O)cccc21. The van der Waals surface area contributed by atoms with Crippen molar-refractivity contribution in [2.45, 2.75) is 6.42 Å². The van der Waals surface area contributed by atoms with Gasteiger partial charge in [-0.3, -0.25) is 4.79 Å². The first-order valence-corrected chi connectivity index (χ1v) is 7.38. The quantitative estimate of drug-likeness (QED) is 0.738. The summed E-state index contributed by atoms with van der Waals surface area (Å²) in [5, 5.41) is 14.2. The van der Waals surface area contributed by atoms with Crippen molar-refractivity contribution in [3.05, 3.63) is 83.2 Å². The van der Waals surface area contributed by atoms with Crippen LogP contribution >= 0.6 is 0 Å². The third-order valence-electron chi connectivity index (χ3n) is 4.02. The fourth-order valence-electron chi connectivity index (χ4n) is 2.87. The highest BCUT2D eigenvalue weighted by molar-refractivity contribution is 6.16. The average molecular weight is 302 g/mol. The zero-order valence-electron chi connectivity index (χ0n) is 12.3. The fraction of sp³-hybridized carbons (Fsp3) is 0.0526. The highest BCUT2D eigenvalue weighted by Crippen LogP contribution is 2.33. The van der Waals surface area contributed by atoms with Crippen LogP contribution in [0.25, 0.3) is 11.8 Å². The molecule has 0 amide bonds. The van der Waals surface area contributed by atoms with Gasteiger partial charge in [0.15, 0.2) is 5.78 Å². The third-order valence-corrected chi connectivity index (χ3v) is 4.02. The molecular formula is C19H14N2O2. The number of aromatic hydroxyl groups is 1. The van der Waals surface area contributed by atoms with Crippen molar-refractivity contribution in [2.24, 2.45) is 0 Å². The molecule has 112 valence electrons. The Bertz CT molecular complexity index is 924. The van der Waals surface area contributed by atoms with Crippen molar-refractivity contribution < 1.29 is 9.90 Å². The van der Waals surface area contributed by atoms with Crippen molar-refractivity contribution in [2.75, 3.05) is 0 Å². The van der Waals surface area contributed by atoms with Gasteiger partial charge in [-0.05, 0) is 24.3 Å². The minimum absolute atomic E-state index is 0.0247. The third kappa shape index (κ3) is 2.34. The first-order valence-electron chi connectivity index (χ1n) is 7.38. The van der Waals surface area contributed by atoms with Crippen LogP contribution in [0.4, 0.5) is 0 Å². The van der Waals surface area contributed by atoms with E-state index in [2.05, 4.69) is 5.10 Å². The summed E-state index contributed by atoms with van der Waals surface area (Å²) in [6.07, 6.45) is 5.92. The molecule has 0 saturated heterocycles. The summed E-state index contributed by atoms with van der Waals surface area (Å²) in [4.78, 5) is 12.4. The molecule has 0 saturated carbocycles. The number of hydrogen-bond donors (Lipinski definition) is 1.